The van der Waals surface area contributed by atoms with E-state index in [4.69, 9.17) is 0 Å². The van der Waals surface area contributed by atoms with Crippen molar-refractivity contribution in [3.05, 3.63) is 28.8 Å². The van der Waals surface area contributed by atoms with E-state index in [1.54, 1.807) is 0 Å². The van der Waals surface area contributed by atoms with Gasteiger partial charge in [-0.15, -0.1) is 0 Å². The predicted molar refractivity (Wildman–Crippen MR) is 67.7 cm³/mol. The summed E-state index contributed by atoms with van der Waals surface area (Å²) in [5, 5.41) is 6.75. The largest absolute Gasteiger partial charge is 0.384 e. The Labute approximate surface area is 93.1 Å². The van der Waals surface area contributed by atoms with Crippen molar-refractivity contribution < 1.29 is 0 Å². The second-order valence-corrected chi connectivity index (χ2v) is 3.96. The minimum Gasteiger partial charge on any atom is -0.384 e. The molecular formula is C13H22N2. The van der Waals surface area contributed by atoms with E-state index in [1.165, 1.54) is 22.4 Å². The standard InChI is InChI=1S/C13H22N2/c1-5-14-8-9-15-13-7-6-10(2)11(3)12(13)4/h6-7,14-15H,5,8-9H2,1-4H3. The van der Waals surface area contributed by atoms with E-state index in [1.807, 2.05) is 0 Å². The first-order valence-electron chi connectivity index (χ1n) is 5.68. The average Bonchev–Trinajstić information content (AvgIpc) is 2.24. The Kier molecular flexibility index (Phi) is 4.63. The van der Waals surface area contributed by atoms with E-state index < -0.39 is 0 Å². The number of benzene rings is 1. The highest BCUT2D eigenvalue weighted by molar-refractivity contribution is 5.55. The highest BCUT2D eigenvalue weighted by atomic mass is 14.9. The summed E-state index contributed by atoms with van der Waals surface area (Å²) < 4.78 is 0. The molecule has 0 amide bonds. The maximum Gasteiger partial charge on any atom is 0.0373 e. The topological polar surface area (TPSA) is 24.1 Å². The monoisotopic (exact) mass is 206 g/mol. The molecule has 0 aromatic heterocycles. The van der Waals surface area contributed by atoms with Gasteiger partial charge in [-0.1, -0.05) is 13.0 Å². The van der Waals surface area contributed by atoms with Gasteiger partial charge in [0.2, 0.25) is 0 Å². The summed E-state index contributed by atoms with van der Waals surface area (Å²) in [5.74, 6) is 0. The van der Waals surface area contributed by atoms with Gasteiger partial charge in [0, 0.05) is 18.8 Å². The summed E-state index contributed by atoms with van der Waals surface area (Å²) >= 11 is 0. The van der Waals surface area contributed by atoms with Gasteiger partial charge in [0.25, 0.3) is 0 Å². The van der Waals surface area contributed by atoms with E-state index in [2.05, 4.69) is 50.5 Å². The van der Waals surface area contributed by atoms with Crippen LogP contribution >= 0.6 is 0 Å². The summed E-state index contributed by atoms with van der Waals surface area (Å²) in [4.78, 5) is 0. The van der Waals surface area contributed by atoms with Gasteiger partial charge in [-0.25, -0.2) is 0 Å². The molecule has 0 fully saturated rings. The molecular weight excluding hydrogens is 184 g/mol. The smallest absolute Gasteiger partial charge is 0.0373 e. The van der Waals surface area contributed by atoms with Crippen LogP contribution in [0.15, 0.2) is 12.1 Å². The Morgan fingerprint density at radius 2 is 1.73 bits per heavy atom. The molecule has 2 heteroatoms. The molecule has 0 unspecified atom stereocenters. The second kappa shape index (κ2) is 5.76. The maximum atomic E-state index is 3.45. The number of rotatable bonds is 5. The molecule has 0 heterocycles. The third kappa shape index (κ3) is 3.24. The van der Waals surface area contributed by atoms with Crippen molar-refractivity contribution in [1.29, 1.82) is 0 Å². The molecule has 15 heavy (non-hydrogen) atoms. The normalized spacial score (nSPS) is 10.4. The quantitative estimate of drug-likeness (QED) is 0.724. The third-order valence-corrected chi connectivity index (χ3v) is 2.93. The molecule has 0 bridgehead atoms. The van der Waals surface area contributed by atoms with Crippen LogP contribution in [-0.4, -0.2) is 19.6 Å². The molecule has 0 atom stereocenters. The van der Waals surface area contributed by atoms with Crippen molar-refractivity contribution in [3.8, 4) is 0 Å². The van der Waals surface area contributed by atoms with Crippen LogP contribution < -0.4 is 10.6 Å². The van der Waals surface area contributed by atoms with Crippen LogP contribution in [0.3, 0.4) is 0 Å². The lowest BCUT2D eigenvalue weighted by Crippen LogP contribution is -2.21. The molecule has 2 nitrogen and oxygen atoms in total. The summed E-state index contributed by atoms with van der Waals surface area (Å²) in [6.07, 6.45) is 0. The van der Waals surface area contributed by atoms with Gasteiger partial charge in [-0.2, -0.15) is 0 Å². The molecule has 1 rings (SSSR count). The van der Waals surface area contributed by atoms with Gasteiger partial charge in [-0.05, 0) is 50.1 Å². The first-order chi connectivity index (χ1) is 7.16. The van der Waals surface area contributed by atoms with Crippen molar-refractivity contribution in [2.45, 2.75) is 27.7 Å². The number of likely N-dealkylation sites (N-methyl/N-ethyl adjacent to an activating group) is 1. The molecule has 84 valence electrons. The van der Waals surface area contributed by atoms with Crippen molar-refractivity contribution >= 4 is 5.69 Å². The summed E-state index contributed by atoms with van der Waals surface area (Å²) in [7, 11) is 0. The number of hydrogen-bond acceptors (Lipinski definition) is 2. The SMILES string of the molecule is CCNCCNc1ccc(C)c(C)c1C. The lowest BCUT2D eigenvalue weighted by Gasteiger charge is -2.13. The van der Waals surface area contributed by atoms with Crippen molar-refractivity contribution in [2.75, 3.05) is 25.0 Å². The van der Waals surface area contributed by atoms with E-state index in [9.17, 15) is 0 Å². The van der Waals surface area contributed by atoms with Crippen LogP contribution in [0.5, 0.6) is 0 Å². The van der Waals surface area contributed by atoms with E-state index in [-0.39, 0.29) is 0 Å². The number of nitrogens with one attached hydrogen (secondary N) is 2. The van der Waals surface area contributed by atoms with Gasteiger partial charge in [-0.3, -0.25) is 0 Å². The van der Waals surface area contributed by atoms with Crippen LogP contribution in [0.1, 0.15) is 23.6 Å². The van der Waals surface area contributed by atoms with Gasteiger partial charge >= 0.3 is 0 Å². The molecule has 1 aromatic rings. The first kappa shape index (κ1) is 12.1. The Balaban J connectivity index is 2.58. The van der Waals surface area contributed by atoms with Gasteiger partial charge in [0.05, 0.1) is 0 Å². The van der Waals surface area contributed by atoms with Crippen molar-refractivity contribution in [3.63, 3.8) is 0 Å². The number of aryl methyl sites for hydroxylation is 1. The molecule has 0 aliphatic heterocycles. The van der Waals surface area contributed by atoms with Crippen LogP contribution in [0.2, 0.25) is 0 Å². The van der Waals surface area contributed by atoms with E-state index in [0.717, 1.165) is 19.6 Å². The lowest BCUT2D eigenvalue weighted by atomic mass is 10.0. The fourth-order valence-corrected chi connectivity index (χ4v) is 1.61. The Morgan fingerprint density at radius 1 is 1.00 bits per heavy atom. The third-order valence-electron chi connectivity index (χ3n) is 2.93. The highest BCUT2D eigenvalue weighted by Crippen LogP contribution is 2.20. The fraction of sp³-hybridized carbons (Fsp3) is 0.538. The first-order valence-corrected chi connectivity index (χ1v) is 5.68. The molecule has 1 aromatic carbocycles. The van der Waals surface area contributed by atoms with Crippen molar-refractivity contribution in [2.24, 2.45) is 0 Å². The van der Waals surface area contributed by atoms with Crippen LogP contribution in [-0.2, 0) is 0 Å². The summed E-state index contributed by atoms with van der Waals surface area (Å²) in [6.45, 7) is 11.7. The summed E-state index contributed by atoms with van der Waals surface area (Å²) in [5.41, 5.74) is 5.38. The van der Waals surface area contributed by atoms with E-state index >= 15 is 0 Å². The number of anilines is 1. The Hall–Kier alpha value is -1.02. The van der Waals surface area contributed by atoms with Gasteiger partial charge < -0.3 is 10.6 Å². The molecule has 0 saturated heterocycles. The minimum atomic E-state index is 0.983. The lowest BCUT2D eigenvalue weighted by molar-refractivity contribution is 0.738. The highest BCUT2D eigenvalue weighted by Gasteiger charge is 2.02. The molecule has 0 radical (unpaired) electrons. The zero-order valence-corrected chi connectivity index (χ0v) is 10.3. The fourth-order valence-electron chi connectivity index (χ4n) is 1.61. The van der Waals surface area contributed by atoms with Crippen LogP contribution in [0, 0.1) is 20.8 Å². The molecule has 0 spiro atoms. The van der Waals surface area contributed by atoms with E-state index in [0.29, 0.717) is 0 Å². The molecule has 0 saturated carbocycles. The number of hydrogen-bond donors (Lipinski definition) is 2. The molecule has 0 aliphatic rings. The second-order valence-electron chi connectivity index (χ2n) is 3.96. The Bertz CT molecular complexity index is 319. The predicted octanol–water partition coefficient (Wildman–Crippen LogP) is 2.63. The zero-order chi connectivity index (χ0) is 11.3. The summed E-state index contributed by atoms with van der Waals surface area (Å²) in [6, 6.07) is 4.35. The van der Waals surface area contributed by atoms with Gasteiger partial charge in [0.15, 0.2) is 0 Å². The molecule has 2 N–H and O–H groups in total. The minimum absolute atomic E-state index is 0.983. The Morgan fingerprint density at radius 3 is 2.40 bits per heavy atom. The van der Waals surface area contributed by atoms with Crippen LogP contribution in [0.4, 0.5) is 5.69 Å². The zero-order valence-electron chi connectivity index (χ0n) is 10.3. The van der Waals surface area contributed by atoms with Crippen molar-refractivity contribution in [1.82, 2.24) is 5.32 Å². The van der Waals surface area contributed by atoms with Gasteiger partial charge in [0.1, 0.15) is 0 Å². The maximum absolute atomic E-state index is 3.45. The van der Waals surface area contributed by atoms with Crippen LogP contribution in [0.25, 0.3) is 0 Å². The molecule has 0 aliphatic carbocycles. The average molecular weight is 206 g/mol.